The lowest BCUT2D eigenvalue weighted by Crippen LogP contribution is -2.38. The highest BCUT2D eigenvalue weighted by atomic mass is 16.5. The largest absolute Gasteiger partial charge is 0.478 e. The highest BCUT2D eigenvalue weighted by Crippen LogP contribution is 2.35. The van der Waals surface area contributed by atoms with Gasteiger partial charge in [-0.15, -0.1) is 0 Å². The number of benzene rings is 1. The second-order valence-electron chi connectivity index (χ2n) is 5.18. The molecule has 1 unspecified atom stereocenters. The topological polar surface area (TPSA) is 38.3 Å². The first-order valence-corrected chi connectivity index (χ1v) is 6.06. The zero-order chi connectivity index (χ0) is 12.6. The van der Waals surface area contributed by atoms with E-state index in [1.807, 2.05) is 19.9 Å². The molecule has 0 spiro atoms. The number of carbonyl (C=O) groups is 1. The Morgan fingerprint density at radius 1 is 1.35 bits per heavy atom. The fraction of sp³-hybridized carbons (Fsp3) is 0.500. The van der Waals surface area contributed by atoms with Crippen LogP contribution in [0, 0.1) is 19.8 Å². The van der Waals surface area contributed by atoms with Crippen molar-refractivity contribution < 1.29 is 9.53 Å². The van der Waals surface area contributed by atoms with E-state index in [0.717, 1.165) is 29.0 Å². The Hall–Kier alpha value is -1.51. The van der Waals surface area contributed by atoms with Crippen molar-refractivity contribution in [2.45, 2.75) is 40.2 Å². The fourth-order valence-corrected chi connectivity index (χ4v) is 2.20. The van der Waals surface area contributed by atoms with Gasteiger partial charge < -0.3 is 10.1 Å². The molecule has 1 aliphatic rings. The summed E-state index contributed by atoms with van der Waals surface area (Å²) in [4.78, 5) is 11.9. The van der Waals surface area contributed by atoms with Crippen LogP contribution >= 0.6 is 0 Å². The molecule has 3 nitrogen and oxygen atoms in total. The van der Waals surface area contributed by atoms with Crippen molar-refractivity contribution in [1.82, 2.24) is 0 Å². The van der Waals surface area contributed by atoms with Gasteiger partial charge in [0.15, 0.2) is 6.10 Å². The highest BCUT2D eigenvalue weighted by molar-refractivity contribution is 5.98. The Labute approximate surface area is 102 Å². The fourth-order valence-electron chi connectivity index (χ4n) is 2.20. The second-order valence-corrected chi connectivity index (χ2v) is 5.18. The molecule has 1 N–H and O–H groups in total. The second kappa shape index (κ2) is 4.40. The van der Waals surface area contributed by atoms with Crippen molar-refractivity contribution in [3.05, 3.63) is 23.3 Å². The molecule has 0 aliphatic carbocycles. The summed E-state index contributed by atoms with van der Waals surface area (Å²) in [6.07, 6.45) is 0.391. The Balaban J connectivity index is 2.31. The minimum Gasteiger partial charge on any atom is -0.478 e. The number of amides is 1. The number of anilines is 1. The number of ether oxygens (including phenoxy) is 1. The van der Waals surface area contributed by atoms with Crippen LogP contribution in [0.15, 0.2) is 12.1 Å². The van der Waals surface area contributed by atoms with Gasteiger partial charge in [0.25, 0.3) is 5.91 Å². The summed E-state index contributed by atoms with van der Waals surface area (Å²) in [6, 6.07) is 4.02. The van der Waals surface area contributed by atoms with Gasteiger partial charge in [-0.1, -0.05) is 19.9 Å². The van der Waals surface area contributed by atoms with Gasteiger partial charge in [0, 0.05) is 0 Å². The van der Waals surface area contributed by atoms with Crippen molar-refractivity contribution in [1.29, 1.82) is 0 Å². The summed E-state index contributed by atoms with van der Waals surface area (Å²) in [7, 11) is 0. The maximum atomic E-state index is 11.9. The van der Waals surface area contributed by atoms with Gasteiger partial charge in [-0.25, -0.2) is 0 Å². The number of fused-ring (bicyclic) bond motifs is 1. The molecule has 1 heterocycles. The zero-order valence-corrected chi connectivity index (χ0v) is 10.8. The minimum absolute atomic E-state index is 0.0313. The molecule has 1 amide bonds. The molecule has 92 valence electrons. The third-order valence-corrected chi connectivity index (χ3v) is 2.91. The van der Waals surface area contributed by atoms with Crippen LogP contribution in [-0.2, 0) is 4.79 Å². The summed E-state index contributed by atoms with van der Waals surface area (Å²) in [5.41, 5.74) is 3.01. The van der Waals surface area contributed by atoms with Gasteiger partial charge in [0.1, 0.15) is 5.75 Å². The maximum absolute atomic E-state index is 11.9. The number of hydrogen-bond acceptors (Lipinski definition) is 2. The van der Waals surface area contributed by atoms with Crippen molar-refractivity contribution in [3.63, 3.8) is 0 Å². The lowest BCUT2D eigenvalue weighted by atomic mass is 10.0. The number of aryl methyl sites for hydroxylation is 2. The van der Waals surface area contributed by atoms with Crippen LogP contribution in [0.5, 0.6) is 5.75 Å². The summed E-state index contributed by atoms with van der Waals surface area (Å²) < 4.78 is 5.83. The van der Waals surface area contributed by atoms with Gasteiger partial charge in [-0.3, -0.25) is 4.79 Å². The van der Waals surface area contributed by atoms with E-state index < -0.39 is 0 Å². The molecule has 0 fully saturated rings. The minimum atomic E-state index is -0.357. The smallest absolute Gasteiger partial charge is 0.265 e. The summed E-state index contributed by atoms with van der Waals surface area (Å²) in [6.45, 7) is 8.21. The normalized spacial score (nSPS) is 18.6. The molecule has 17 heavy (non-hydrogen) atoms. The average Bonchev–Trinajstić information content (AvgIpc) is 2.19. The van der Waals surface area contributed by atoms with Gasteiger partial charge in [0.2, 0.25) is 0 Å². The number of nitrogens with one attached hydrogen (secondary N) is 1. The van der Waals surface area contributed by atoms with E-state index in [-0.39, 0.29) is 12.0 Å². The molecule has 0 radical (unpaired) electrons. The molecule has 0 saturated heterocycles. The lowest BCUT2D eigenvalue weighted by Gasteiger charge is -2.28. The number of rotatable bonds is 2. The van der Waals surface area contributed by atoms with E-state index in [9.17, 15) is 4.79 Å². The summed E-state index contributed by atoms with van der Waals surface area (Å²) in [5, 5.41) is 2.93. The average molecular weight is 233 g/mol. The monoisotopic (exact) mass is 233 g/mol. The molecule has 2 rings (SSSR count). The maximum Gasteiger partial charge on any atom is 0.265 e. The first kappa shape index (κ1) is 12.0. The van der Waals surface area contributed by atoms with Gasteiger partial charge >= 0.3 is 0 Å². The molecular formula is C14H19NO2. The molecule has 3 heteroatoms. The Morgan fingerprint density at radius 2 is 2.06 bits per heavy atom. The first-order valence-electron chi connectivity index (χ1n) is 6.06. The van der Waals surface area contributed by atoms with Crippen molar-refractivity contribution in [2.75, 3.05) is 5.32 Å². The van der Waals surface area contributed by atoms with Crippen molar-refractivity contribution >= 4 is 11.6 Å². The third-order valence-electron chi connectivity index (χ3n) is 2.91. The van der Waals surface area contributed by atoms with Crippen LogP contribution in [0.25, 0.3) is 0 Å². The molecule has 1 aliphatic heterocycles. The summed E-state index contributed by atoms with van der Waals surface area (Å²) >= 11 is 0. The zero-order valence-electron chi connectivity index (χ0n) is 10.8. The van der Waals surface area contributed by atoms with E-state index in [2.05, 4.69) is 25.2 Å². The van der Waals surface area contributed by atoms with E-state index >= 15 is 0 Å². The molecule has 1 aromatic carbocycles. The first-order chi connectivity index (χ1) is 7.97. The van der Waals surface area contributed by atoms with Gasteiger partial charge in [0.05, 0.1) is 5.69 Å². The van der Waals surface area contributed by atoms with Crippen molar-refractivity contribution in [3.8, 4) is 5.75 Å². The Bertz CT molecular complexity index is 452. The molecule has 1 aromatic rings. The Kier molecular flexibility index (Phi) is 3.09. The predicted molar refractivity (Wildman–Crippen MR) is 68.4 cm³/mol. The SMILES string of the molecule is Cc1cc(C)c2c(c1)NC(=O)C(CC(C)C)O2. The third kappa shape index (κ3) is 2.43. The van der Waals surface area contributed by atoms with Crippen molar-refractivity contribution in [2.24, 2.45) is 5.92 Å². The predicted octanol–water partition coefficient (Wildman–Crippen LogP) is 3.05. The molecular weight excluding hydrogens is 214 g/mol. The van der Waals surface area contributed by atoms with Gasteiger partial charge in [-0.2, -0.15) is 0 Å². The summed E-state index contributed by atoms with van der Waals surface area (Å²) in [5.74, 6) is 1.23. The van der Waals surface area contributed by atoms with Crippen LogP contribution in [-0.4, -0.2) is 12.0 Å². The van der Waals surface area contributed by atoms with Crippen LogP contribution < -0.4 is 10.1 Å². The van der Waals surface area contributed by atoms with E-state index in [0.29, 0.717) is 5.92 Å². The van der Waals surface area contributed by atoms with E-state index in [1.54, 1.807) is 0 Å². The number of carbonyl (C=O) groups excluding carboxylic acids is 1. The van der Waals surface area contributed by atoms with E-state index in [1.165, 1.54) is 0 Å². The van der Waals surface area contributed by atoms with Gasteiger partial charge in [-0.05, 0) is 43.4 Å². The standard InChI is InChI=1S/C14H19NO2/c1-8(2)5-12-14(16)15-11-7-9(3)6-10(4)13(11)17-12/h6-8,12H,5H2,1-4H3,(H,15,16). The molecule has 0 bridgehead atoms. The lowest BCUT2D eigenvalue weighted by molar-refractivity contribution is -0.124. The number of hydrogen-bond donors (Lipinski definition) is 1. The molecule has 0 saturated carbocycles. The molecule has 0 aromatic heterocycles. The molecule has 1 atom stereocenters. The quantitative estimate of drug-likeness (QED) is 0.852. The van der Waals surface area contributed by atoms with Crippen LogP contribution in [0.1, 0.15) is 31.4 Å². The van der Waals surface area contributed by atoms with E-state index in [4.69, 9.17) is 4.74 Å². The van der Waals surface area contributed by atoms with Crippen LogP contribution in [0.3, 0.4) is 0 Å². The van der Waals surface area contributed by atoms with Crippen LogP contribution in [0.4, 0.5) is 5.69 Å². The Morgan fingerprint density at radius 3 is 2.71 bits per heavy atom. The van der Waals surface area contributed by atoms with Crippen LogP contribution in [0.2, 0.25) is 0 Å². The highest BCUT2D eigenvalue weighted by Gasteiger charge is 2.29.